The molecule has 0 unspecified atom stereocenters. The van der Waals surface area contributed by atoms with Gasteiger partial charge in [0.05, 0.1) is 18.2 Å². The molecule has 0 N–H and O–H groups in total. The molecule has 0 saturated carbocycles. The summed E-state index contributed by atoms with van der Waals surface area (Å²) in [5, 5.41) is 0. The average Bonchev–Trinajstić information content (AvgIpc) is 2.53. The van der Waals surface area contributed by atoms with Crippen molar-refractivity contribution in [3.05, 3.63) is 65.7 Å². The zero-order valence-electron chi connectivity index (χ0n) is 14.0. The molecule has 0 aliphatic rings. The van der Waals surface area contributed by atoms with Crippen LogP contribution in [0.2, 0.25) is 0 Å². The zero-order chi connectivity index (χ0) is 16.5. The van der Waals surface area contributed by atoms with Gasteiger partial charge in [-0.05, 0) is 38.0 Å². The molecule has 2 heteroatoms. The SMILES string of the molecule is CC(C)(C)C#CCc1ccccc1N=C=NCc1ccccc1. The van der Waals surface area contributed by atoms with Crippen LogP contribution in [0.25, 0.3) is 0 Å². The number of hydrogen-bond acceptors (Lipinski definition) is 2. The van der Waals surface area contributed by atoms with E-state index in [-0.39, 0.29) is 5.41 Å². The van der Waals surface area contributed by atoms with Crippen molar-refractivity contribution in [2.75, 3.05) is 0 Å². The van der Waals surface area contributed by atoms with Gasteiger partial charge in [-0.2, -0.15) is 4.99 Å². The van der Waals surface area contributed by atoms with E-state index in [1.807, 2.05) is 48.5 Å². The lowest BCUT2D eigenvalue weighted by Gasteiger charge is -2.07. The Morgan fingerprint density at radius 3 is 2.35 bits per heavy atom. The molecule has 0 fully saturated rings. The second kappa shape index (κ2) is 8.13. The highest BCUT2D eigenvalue weighted by Crippen LogP contribution is 2.18. The lowest BCUT2D eigenvalue weighted by molar-refractivity contribution is 0.570. The van der Waals surface area contributed by atoms with E-state index in [4.69, 9.17) is 0 Å². The van der Waals surface area contributed by atoms with E-state index in [0.717, 1.165) is 16.8 Å². The molecule has 23 heavy (non-hydrogen) atoms. The van der Waals surface area contributed by atoms with Crippen LogP contribution in [0, 0.1) is 17.3 Å². The maximum absolute atomic E-state index is 4.35. The molecule has 0 aliphatic heterocycles. The van der Waals surface area contributed by atoms with E-state index < -0.39 is 0 Å². The highest BCUT2D eigenvalue weighted by Gasteiger charge is 2.03. The molecule has 2 nitrogen and oxygen atoms in total. The minimum absolute atomic E-state index is 0.0232. The molecular weight excluding hydrogens is 280 g/mol. The lowest BCUT2D eigenvalue weighted by Crippen LogP contribution is -1.99. The molecule has 0 amide bonds. The average molecular weight is 302 g/mol. The first-order valence-corrected chi connectivity index (χ1v) is 7.79. The predicted octanol–water partition coefficient (Wildman–Crippen LogP) is 5.28. The third-order valence-electron chi connectivity index (χ3n) is 3.08. The Kier molecular flexibility index (Phi) is 5.92. The minimum atomic E-state index is 0.0232. The molecule has 0 heterocycles. The third kappa shape index (κ3) is 6.34. The summed E-state index contributed by atoms with van der Waals surface area (Å²) in [5.74, 6) is 6.48. The normalized spacial score (nSPS) is 10.2. The molecule has 0 bridgehead atoms. The summed E-state index contributed by atoms with van der Waals surface area (Å²) in [6.07, 6.45) is 0.692. The Balaban J connectivity index is 2.07. The van der Waals surface area contributed by atoms with Crippen molar-refractivity contribution in [3.63, 3.8) is 0 Å². The van der Waals surface area contributed by atoms with E-state index >= 15 is 0 Å². The van der Waals surface area contributed by atoms with Gasteiger partial charge < -0.3 is 0 Å². The van der Waals surface area contributed by atoms with Crippen molar-refractivity contribution < 1.29 is 0 Å². The van der Waals surface area contributed by atoms with Crippen molar-refractivity contribution in [2.24, 2.45) is 15.4 Å². The number of rotatable bonds is 4. The first-order valence-electron chi connectivity index (χ1n) is 7.79. The van der Waals surface area contributed by atoms with Gasteiger partial charge in [0.15, 0.2) is 0 Å². The number of benzene rings is 2. The van der Waals surface area contributed by atoms with Gasteiger partial charge in [-0.1, -0.05) is 60.4 Å². The van der Waals surface area contributed by atoms with Gasteiger partial charge >= 0.3 is 0 Å². The van der Waals surface area contributed by atoms with Crippen LogP contribution in [0.4, 0.5) is 5.69 Å². The van der Waals surface area contributed by atoms with Gasteiger partial charge in [-0.3, -0.25) is 0 Å². The summed E-state index contributed by atoms with van der Waals surface area (Å²) in [5.41, 5.74) is 3.16. The van der Waals surface area contributed by atoms with Crippen molar-refractivity contribution >= 4 is 11.7 Å². The van der Waals surface area contributed by atoms with Gasteiger partial charge in [0.25, 0.3) is 0 Å². The summed E-state index contributed by atoms with van der Waals surface area (Å²) >= 11 is 0. The molecule has 2 rings (SSSR count). The van der Waals surface area contributed by atoms with E-state index in [1.54, 1.807) is 0 Å². The highest BCUT2D eigenvalue weighted by molar-refractivity contribution is 5.56. The van der Waals surface area contributed by atoms with Crippen LogP contribution in [-0.4, -0.2) is 6.01 Å². The molecule has 0 saturated heterocycles. The Morgan fingerprint density at radius 1 is 0.913 bits per heavy atom. The molecule has 2 aromatic carbocycles. The Hall–Kier alpha value is -2.62. The summed E-state index contributed by atoms with van der Waals surface area (Å²) in [6, 6.07) is 20.9. The molecule has 0 atom stereocenters. The van der Waals surface area contributed by atoms with Crippen LogP contribution >= 0.6 is 0 Å². The van der Waals surface area contributed by atoms with Gasteiger partial charge in [0, 0.05) is 11.8 Å². The second-order valence-electron chi connectivity index (χ2n) is 6.37. The minimum Gasteiger partial charge on any atom is -0.221 e. The number of nitrogens with zero attached hydrogens (tertiary/aromatic N) is 2. The fourth-order valence-corrected chi connectivity index (χ4v) is 1.97. The monoisotopic (exact) mass is 302 g/mol. The highest BCUT2D eigenvalue weighted by atomic mass is 14.8. The number of para-hydroxylation sites is 1. The van der Waals surface area contributed by atoms with Crippen molar-refractivity contribution in [1.82, 2.24) is 0 Å². The molecular formula is C21H22N2. The first kappa shape index (κ1) is 16.7. The van der Waals surface area contributed by atoms with Gasteiger partial charge in [-0.15, -0.1) is 0 Å². The second-order valence-corrected chi connectivity index (χ2v) is 6.37. The smallest absolute Gasteiger partial charge is 0.0952 e. The van der Waals surface area contributed by atoms with E-state index in [9.17, 15) is 0 Å². The maximum atomic E-state index is 4.35. The standard InChI is InChI=1S/C21H22N2/c1-21(2,3)15-9-13-19-12-7-8-14-20(19)23-17-22-16-18-10-5-4-6-11-18/h4-8,10-12,14H,13,16H2,1-3H3. The van der Waals surface area contributed by atoms with Crippen LogP contribution in [0.15, 0.2) is 64.6 Å². The Morgan fingerprint density at radius 2 is 1.61 bits per heavy atom. The van der Waals surface area contributed by atoms with Crippen LogP contribution in [0.5, 0.6) is 0 Å². The van der Waals surface area contributed by atoms with E-state index in [2.05, 4.69) is 54.7 Å². The molecule has 0 spiro atoms. The molecule has 0 radical (unpaired) electrons. The fourth-order valence-electron chi connectivity index (χ4n) is 1.97. The Labute approximate surface area is 139 Å². The van der Waals surface area contributed by atoms with Crippen molar-refractivity contribution in [3.8, 4) is 11.8 Å². The summed E-state index contributed by atoms with van der Waals surface area (Å²) < 4.78 is 0. The van der Waals surface area contributed by atoms with Crippen LogP contribution < -0.4 is 0 Å². The van der Waals surface area contributed by atoms with E-state index in [0.29, 0.717) is 13.0 Å². The van der Waals surface area contributed by atoms with E-state index in [1.165, 1.54) is 0 Å². The molecule has 0 aromatic heterocycles. The summed E-state index contributed by atoms with van der Waals surface area (Å²) in [6.45, 7) is 6.93. The predicted molar refractivity (Wildman–Crippen MR) is 97.0 cm³/mol. The van der Waals surface area contributed by atoms with Crippen molar-refractivity contribution in [2.45, 2.75) is 33.7 Å². The van der Waals surface area contributed by atoms with Crippen LogP contribution in [0.3, 0.4) is 0 Å². The van der Waals surface area contributed by atoms with Crippen LogP contribution in [0.1, 0.15) is 31.9 Å². The topological polar surface area (TPSA) is 24.7 Å². The number of hydrogen-bond donors (Lipinski definition) is 0. The number of aliphatic imine (C=N–C) groups is 2. The Bertz CT molecular complexity index is 750. The fraction of sp³-hybridized carbons (Fsp3) is 0.286. The third-order valence-corrected chi connectivity index (χ3v) is 3.08. The lowest BCUT2D eigenvalue weighted by atomic mass is 9.97. The van der Waals surface area contributed by atoms with Crippen molar-refractivity contribution in [1.29, 1.82) is 0 Å². The molecule has 2 aromatic rings. The molecule has 116 valence electrons. The van der Waals surface area contributed by atoms with Crippen LogP contribution in [-0.2, 0) is 13.0 Å². The summed E-state index contributed by atoms with van der Waals surface area (Å²) in [7, 11) is 0. The van der Waals surface area contributed by atoms with Gasteiger partial charge in [0.2, 0.25) is 0 Å². The zero-order valence-corrected chi connectivity index (χ0v) is 14.0. The first-order chi connectivity index (χ1) is 11.0. The maximum Gasteiger partial charge on any atom is 0.0952 e. The van der Waals surface area contributed by atoms with Gasteiger partial charge in [0.1, 0.15) is 0 Å². The molecule has 0 aliphatic carbocycles. The van der Waals surface area contributed by atoms with Gasteiger partial charge in [-0.25, -0.2) is 4.99 Å². The summed E-state index contributed by atoms with van der Waals surface area (Å²) in [4.78, 5) is 8.60. The quantitative estimate of drug-likeness (QED) is 0.542. The largest absolute Gasteiger partial charge is 0.221 e.